The van der Waals surface area contributed by atoms with Crippen LogP contribution in [0.5, 0.6) is 34.5 Å². The number of aliphatic carboxylic acids is 1. The highest BCUT2D eigenvalue weighted by Gasteiger charge is 2.81. The Kier molecular flexibility index (Phi) is 21.2. The van der Waals surface area contributed by atoms with E-state index < -0.39 is 93.4 Å². The van der Waals surface area contributed by atoms with Crippen molar-refractivity contribution in [1.82, 2.24) is 30.1 Å². The minimum absolute atomic E-state index is 0. The quantitative estimate of drug-likeness (QED) is 0.0473. The van der Waals surface area contributed by atoms with Gasteiger partial charge in [0.05, 0.1) is 93.0 Å². The number of aliphatic hydroxyl groups excluding tert-OH is 3. The highest BCUT2D eigenvalue weighted by atomic mass is 79.9. The molecule has 22 nitrogen and oxygen atoms in total. The van der Waals surface area contributed by atoms with Crippen LogP contribution < -0.4 is 33.7 Å². The monoisotopic (exact) mass is 1680 g/mol. The second-order valence-corrected chi connectivity index (χ2v) is 32.1. The summed E-state index contributed by atoms with van der Waals surface area (Å²) >= 11 is 10.4. The predicted molar refractivity (Wildman–Crippen MR) is 417 cm³/mol. The van der Waals surface area contributed by atoms with Crippen LogP contribution in [0.4, 0.5) is 0 Å². The highest BCUT2D eigenvalue weighted by molar-refractivity contribution is 9.11. The van der Waals surface area contributed by atoms with Gasteiger partial charge in [0.15, 0.2) is 33.6 Å². The number of carbonyl (C=O) groups excluding carboxylic acids is 2. The van der Waals surface area contributed by atoms with E-state index in [4.69, 9.17) is 28.4 Å². The van der Waals surface area contributed by atoms with Crippen LogP contribution in [0.25, 0.3) is 0 Å². The number of carboxylic acids is 1. The van der Waals surface area contributed by atoms with E-state index >= 15 is 0 Å². The topological polar surface area (TPSA) is 305 Å². The minimum Gasteiger partial charge on any atom is -0.495 e. The van der Waals surface area contributed by atoms with E-state index in [2.05, 4.69) is 68.1 Å². The number of amides is 2. The maximum Gasteiger partial charge on any atom is 0.310 e. The number of fused-ring (bicyclic) bond motifs is 9. The first-order chi connectivity index (χ1) is 52.5. The maximum absolute atomic E-state index is 14.0. The van der Waals surface area contributed by atoms with Gasteiger partial charge in [0.25, 0.3) is 0 Å². The number of nitrogens with one attached hydrogen (secondary N) is 1. The van der Waals surface area contributed by atoms with Gasteiger partial charge >= 0.3 is 5.97 Å². The number of aliphatic hydroxyl groups is 6. The number of carboxylic acid groups (broad SMARTS) is 1. The zero-order valence-electron chi connectivity index (χ0n) is 60.4. The number of hydrogen-bond acceptors (Lipinski definition) is 19. The molecule has 0 unspecified atom stereocenters. The third-order valence-corrected chi connectivity index (χ3v) is 25.2. The Morgan fingerprint density at radius 1 is 0.436 bits per heavy atom. The Balaban J connectivity index is 0.000000133. The van der Waals surface area contributed by atoms with Crippen LogP contribution in [0.15, 0.2) is 214 Å². The summed E-state index contributed by atoms with van der Waals surface area (Å²) in [6, 6.07) is 51.2. The van der Waals surface area contributed by atoms with Crippen molar-refractivity contribution in [2.75, 3.05) is 42.5 Å². The average Bonchev–Trinajstić information content (AvgIpc) is 1.51. The Hall–Kier alpha value is -8.86. The van der Waals surface area contributed by atoms with Crippen LogP contribution in [0, 0.1) is 17.8 Å². The summed E-state index contributed by atoms with van der Waals surface area (Å²) in [6.07, 6.45) is 10.8. The molecule has 9 aromatic rings. The van der Waals surface area contributed by atoms with Crippen LogP contribution in [-0.4, -0.2) is 157 Å². The van der Waals surface area contributed by atoms with E-state index in [0.29, 0.717) is 56.4 Å². The molecular weight excluding hydrogens is 1600 g/mol. The number of ether oxygens (including phenoxy) is 6. The molecule has 6 fully saturated rings. The molecule has 9 aliphatic rings. The molecule has 2 amide bonds. The second kappa shape index (κ2) is 30.0. The number of rotatable bonds is 15. The molecule has 110 heavy (non-hydrogen) atoms. The van der Waals surface area contributed by atoms with Crippen LogP contribution in [-0.2, 0) is 48.0 Å². The van der Waals surface area contributed by atoms with Crippen molar-refractivity contribution in [1.29, 1.82) is 0 Å². The lowest BCUT2D eigenvalue weighted by atomic mass is 9.70. The number of hydrogen-bond donors (Lipinski definition) is 8. The fourth-order valence-corrected chi connectivity index (χ4v) is 19.0. The van der Waals surface area contributed by atoms with E-state index in [1.165, 1.54) is 71.4 Å². The van der Waals surface area contributed by atoms with Crippen LogP contribution in [0.2, 0.25) is 0 Å². The largest absolute Gasteiger partial charge is 0.495 e. The molecule has 0 spiro atoms. The number of halogens is 3. The molecule has 0 bridgehead atoms. The minimum atomic E-state index is -2.12. The molecule has 0 radical (unpaired) electrons. The van der Waals surface area contributed by atoms with E-state index in [1.807, 2.05) is 122 Å². The standard InChI is InChI=1S/2C28H27BrN2O5.C24H20BrNO6.C4H9N.CH4/c2*1-31(19-12-13-19)26(33)22-23(16-6-4-3-5-7-16)28(17-8-10-18(29)11-9-17)27(34,25(22)32)24-20(35-2)14-30-15-21(24)36-28;1-31-16-11-26-12-17-20(16)23(30)21(27)18(22(28)29)19(13-5-3-2-4-6-13)24(23,32-17)14-7-9-15(25)10-8-14;1-5-4-2-3-4;/h2*3-11,14-15,19,22-23,25,32,34H,12-13H2,1-2H3;2-12,18-19,21,27,30H,1H3,(H,28,29);4-5H,2-3H2,1H3;1H4/t2*22-,23-,25-,27+,28+;18-,19-,21-,23+,24+;;/m111../s1. The molecule has 3 aliphatic heterocycles. The first kappa shape index (κ1) is 77.9. The van der Waals surface area contributed by atoms with Crippen molar-refractivity contribution in [2.24, 2.45) is 17.8 Å². The Morgan fingerprint density at radius 3 is 0.945 bits per heavy atom. The van der Waals surface area contributed by atoms with Gasteiger partial charge in [-0.25, -0.2) is 0 Å². The van der Waals surface area contributed by atoms with Gasteiger partial charge in [-0.05, 0) is 115 Å². The molecule has 8 N–H and O–H groups in total. The Morgan fingerprint density at radius 2 is 0.709 bits per heavy atom. The van der Waals surface area contributed by atoms with Crippen molar-refractivity contribution in [3.05, 3.63) is 264 Å². The fraction of sp³-hybridized carbons (Fsp3) is 0.365. The molecule has 6 saturated carbocycles. The van der Waals surface area contributed by atoms with Gasteiger partial charge in [-0.1, -0.05) is 183 Å². The summed E-state index contributed by atoms with van der Waals surface area (Å²) in [5.41, 5.74) is -5.96. The van der Waals surface area contributed by atoms with E-state index in [1.54, 1.807) is 72.4 Å². The van der Waals surface area contributed by atoms with Crippen LogP contribution in [0.1, 0.15) is 114 Å². The van der Waals surface area contributed by atoms with E-state index in [9.17, 15) is 50.1 Å². The molecular formula is C85H87Br3N6O16. The Bertz CT molecular complexity index is 4680. The zero-order valence-corrected chi connectivity index (χ0v) is 65.2. The average molecular weight is 1690 g/mol. The number of pyridine rings is 3. The highest BCUT2D eigenvalue weighted by Crippen LogP contribution is 2.73. The molecule has 6 aromatic carbocycles. The first-order valence-electron chi connectivity index (χ1n) is 36.2. The normalized spacial score (nSPS) is 29.7. The van der Waals surface area contributed by atoms with Crippen LogP contribution in [0.3, 0.4) is 0 Å². The first-order valence-corrected chi connectivity index (χ1v) is 38.6. The fourth-order valence-electron chi connectivity index (χ4n) is 18.2. The number of methoxy groups -OCH3 is 3. The number of aromatic nitrogens is 3. The summed E-state index contributed by atoms with van der Waals surface area (Å²) in [4.78, 5) is 56.6. The van der Waals surface area contributed by atoms with Gasteiger partial charge < -0.3 is 79.3 Å². The van der Waals surface area contributed by atoms with Crippen molar-refractivity contribution >= 4 is 65.6 Å². The number of carbonyl (C=O) groups is 3. The molecule has 6 aliphatic carbocycles. The summed E-state index contributed by atoms with van der Waals surface area (Å²) in [5.74, 6) is -5.58. The van der Waals surface area contributed by atoms with Gasteiger partial charge in [-0.3, -0.25) is 29.3 Å². The SMILES string of the molecule is C.CNC1CC1.COc1cncc2c1[C@]1(O)[C@H](O)[C@H](C(=O)N(C)C3CC3)[C@@H](c3ccccc3)[C@]1(c1ccc(Br)cc1)O2.COc1cncc2c1[C@]1(O)[C@H](O)[C@H](C(=O)N(C)C3CC3)[C@@H](c3ccccc3)[C@]1(c1ccc(Br)cc1)O2.COc1cncc2c1[C@]1(O)[C@H](O)[C@H](C(=O)O)[C@@H](c3ccccc3)[C@]1(c1ccc(Br)cc1)O2. The second-order valence-electron chi connectivity index (χ2n) is 29.3. The summed E-state index contributed by atoms with van der Waals surface area (Å²) in [7, 11) is 9.96. The number of nitrogens with zero attached hydrogens (tertiary/aromatic N) is 5. The van der Waals surface area contributed by atoms with Crippen molar-refractivity contribution in [2.45, 2.75) is 134 Å². The van der Waals surface area contributed by atoms with Crippen LogP contribution >= 0.6 is 47.8 Å². The van der Waals surface area contributed by atoms with Gasteiger partial charge in [-0.2, -0.15) is 0 Å². The molecule has 0 saturated heterocycles. The maximum atomic E-state index is 14.0. The predicted octanol–water partition coefficient (Wildman–Crippen LogP) is 11.6. The van der Waals surface area contributed by atoms with Gasteiger partial charge in [0.2, 0.25) is 11.8 Å². The third kappa shape index (κ3) is 12.0. The molecule has 15 atom stereocenters. The molecule has 18 rings (SSSR count). The lowest BCUT2D eigenvalue weighted by Crippen LogP contribution is -2.52. The zero-order chi connectivity index (χ0) is 76.9. The van der Waals surface area contributed by atoms with Crippen molar-refractivity contribution < 1.29 is 78.6 Å². The van der Waals surface area contributed by atoms with E-state index in [0.717, 1.165) is 56.3 Å². The van der Waals surface area contributed by atoms with Gasteiger partial charge in [0, 0.05) is 63.4 Å². The van der Waals surface area contributed by atoms with E-state index in [-0.39, 0.29) is 48.4 Å². The van der Waals surface area contributed by atoms with Gasteiger partial charge in [-0.15, -0.1) is 0 Å². The van der Waals surface area contributed by atoms with Crippen molar-refractivity contribution in [3.63, 3.8) is 0 Å². The number of benzene rings is 6. The third-order valence-electron chi connectivity index (χ3n) is 23.7. The molecule has 6 heterocycles. The molecule has 3 aromatic heterocycles. The molecule has 574 valence electrons. The van der Waals surface area contributed by atoms with Gasteiger partial charge in [0.1, 0.15) is 52.8 Å². The summed E-state index contributed by atoms with van der Waals surface area (Å²) in [5, 5.41) is 86.8. The molecule has 25 heteroatoms. The summed E-state index contributed by atoms with van der Waals surface area (Å²) < 4.78 is 39.1. The lowest BCUT2D eigenvalue weighted by Gasteiger charge is -2.41. The van der Waals surface area contributed by atoms with Crippen molar-refractivity contribution in [3.8, 4) is 34.5 Å². The smallest absolute Gasteiger partial charge is 0.310 e. The summed E-state index contributed by atoms with van der Waals surface area (Å²) in [6.45, 7) is 0. The lowest BCUT2D eigenvalue weighted by molar-refractivity contribution is -0.159. The Labute approximate surface area is 662 Å².